The highest BCUT2D eigenvalue weighted by Crippen LogP contribution is 2.18. The Kier molecular flexibility index (Phi) is 9.42. The van der Waals surface area contributed by atoms with E-state index in [2.05, 4.69) is 10.3 Å². The summed E-state index contributed by atoms with van der Waals surface area (Å²) in [5.74, 6) is 0.482. The highest BCUT2D eigenvalue weighted by molar-refractivity contribution is 7.99. The molecular formula is C29H29N3O5S. The zero-order valence-corrected chi connectivity index (χ0v) is 21.8. The number of rotatable bonds is 13. The molecule has 3 aromatic carbocycles. The number of aromatic nitrogens is 2. The lowest BCUT2D eigenvalue weighted by atomic mass is 10.1. The normalized spacial score (nSPS) is 11.5. The van der Waals surface area contributed by atoms with Gasteiger partial charge in [-0.1, -0.05) is 54.2 Å². The minimum atomic E-state index is -1.10. The first kappa shape index (κ1) is 26.8. The molecule has 8 nitrogen and oxygen atoms in total. The van der Waals surface area contributed by atoms with Crippen LogP contribution >= 0.6 is 11.8 Å². The number of aryl methyl sites for hydroxylation is 1. The number of carbonyl (C=O) groups excluding carboxylic acids is 1. The number of benzene rings is 3. The SMILES string of the molecule is Cn1ccnc1SCCOc1ccc(C(=O)N[C@@H](Cc2ccc(OCc3ccccc3)cc2)C(=O)O)cc1. The second-order valence-corrected chi connectivity index (χ2v) is 9.59. The molecule has 4 rings (SSSR count). The zero-order valence-electron chi connectivity index (χ0n) is 20.9. The van der Waals surface area contributed by atoms with Crippen molar-refractivity contribution in [2.24, 2.45) is 7.05 Å². The fourth-order valence-corrected chi connectivity index (χ4v) is 4.38. The first-order chi connectivity index (χ1) is 18.5. The molecule has 38 heavy (non-hydrogen) atoms. The largest absolute Gasteiger partial charge is 0.493 e. The van der Waals surface area contributed by atoms with Gasteiger partial charge in [-0.15, -0.1) is 0 Å². The van der Waals surface area contributed by atoms with Crippen molar-refractivity contribution >= 4 is 23.6 Å². The van der Waals surface area contributed by atoms with Crippen LogP contribution in [0, 0.1) is 0 Å². The van der Waals surface area contributed by atoms with Crippen LogP contribution in [0.3, 0.4) is 0 Å². The number of amides is 1. The summed E-state index contributed by atoms with van der Waals surface area (Å²) in [6, 6.07) is 22.6. The van der Waals surface area contributed by atoms with Crippen molar-refractivity contribution in [3.63, 3.8) is 0 Å². The maximum Gasteiger partial charge on any atom is 0.326 e. The van der Waals surface area contributed by atoms with Crippen LogP contribution in [-0.2, 0) is 24.9 Å². The third kappa shape index (κ3) is 7.88. The monoisotopic (exact) mass is 531 g/mol. The van der Waals surface area contributed by atoms with Crippen LogP contribution in [0.15, 0.2) is 96.4 Å². The molecule has 0 unspecified atom stereocenters. The lowest BCUT2D eigenvalue weighted by Crippen LogP contribution is -2.42. The molecule has 0 aliphatic heterocycles. The number of nitrogens with one attached hydrogen (secondary N) is 1. The number of nitrogens with zero attached hydrogens (tertiary/aromatic N) is 2. The number of imidazole rings is 1. The average molecular weight is 532 g/mol. The summed E-state index contributed by atoms with van der Waals surface area (Å²) >= 11 is 1.59. The molecule has 0 radical (unpaired) electrons. The first-order valence-electron chi connectivity index (χ1n) is 12.1. The first-order valence-corrected chi connectivity index (χ1v) is 13.1. The molecule has 0 spiro atoms. The molecular weight excluding hydrogens is 502 g/mol. The van der Waals surface area contributed by atoms with E-state index in [1.165, 1.54) is 0 Å². The minimum Gasteiger partial charge on any atom is -0.493 e. The van der Waals surface area contributed by atoms with Gasteiger partial charge >= 0.3 is 5.97 Å². The van der Waals surface area contributed by atoms with Crippen molar-refractivity contribution in [2.45, 2.75) is 24.2 Å². The van der Waals surface area contributed by atoms with Gasteiger partial charge in [-0.2, -0.15) is 0 Å². The lowest BCUT2D eigenvalue weighted by molar-refractivity contribution is -0.139. The number of thioether (sulfide) groups is 1. The number of carbonyl (C=O) groups is 2. The Bertz CT molecular complexity index is 1320. The molecule has 0 aliphatic carbocycles. The van der Waals surface area contributed by atoms with E-state index in [-0.39, 0.29) is 6.42 Å². The predicted molar refractivity (Wildman–Crippen MR) is 146 cm³/mol. The number of carboxylic acid groups (broad SMARTS) is 1. The summed E-state index contributed by atoms with van der Waals surface area (Å²) in [5, 5.41) is 13.2. The minimum absolute atomic E-state index is 0.148. The second-order valence-electron chi connectivity index (χ2n) is 8.53. The quantitative estimate of drug-likeness (QED) is 0.192. The molecule has 0 aliphatic rings. The summed E-state index contributed by atoms with van der Waals surface area (Å²) in [7, 11) is 1.94. The Balaban J connectivity index is 1.25. The van der Waals surface area contributed by atoms with E-state index in [1.807, 2.05) is 48.1 Å². The molecule has 1 atom stereocenters. The summed E-state index contributed by atoms with van der Waals surface area (Å²) in [5.41, 5.74) is 2.19. The summed E-state index contributed by atoms with van der Waals surface area (Å²) in [6.45, 7) is 0.933. The molecule has 1 amide bonds. The van der Waals surface area contributed by atoms with Crippen molar-refractivity contribution in [1.82, 2.24) is 14.9 Å². The Morgan fingerprint density at radius 2 is 1.63 bits per heavy atom. The smallest absolute Gasteiger partial charge is 0.326 e. The molecule has 1 aromatic heterocycles. The van der Waals surface area contributed by atoms with Crippen LogP contribution in [0.2, 0.25) is 0 Å². The summed E-state index contributed by atoms with van der Waals surface area (Å²) in [4.78, 5) is 28.8. The molecule has 9 heteroatoms. The lowest BCUT2D eigenvalue weighted by Gasteiger charge is -2.15. The molecule has 0 saturated heterocycles. The number of hydrogen-bond acceptors (Lipinski definition) is 6. The van der Waals surface area contributed by atoms with Crippen LogP contribution in [-0.4, -0.2) is 44.9 Å². The Morgan fingerprint density at radius 1 is 0.947 bits per heavy atom. The standard InChI is InChI=1S/C29H29N3O5S/c1-32-16-15-30-29(32)38-18-17-36-24-13-9-23(10-14-24)27(33)31-26(28(34)35)19-21-7-11-25(12-8-21)37-20-22-5-3-2-4-6-22/h2-16,26H,17-20H2,1H3,(H,31,33)(H,34,35)/t26-/m0/s1. The highest BCUT2D eigenvalue weighted by atomic mass is 32.2. The number of carboxylic acids is 1. The van der Waals surface area contributed by atoms with Crippen LogP contribution < -0.4 is 14.8 Å². The van der Waals surface area contributed by atoms with E-state index in [4.69, 9.17) is 9.47 Å². The van der Waals surface area contributed by atoms with Gasteiger partial charge in [0.2, 0.25) is 0 Å². The van der Waals surface area contributed by atoms with Gasteiger partial charge in [-0.3, -0.25) is 4.79 Å². The van der Waals surface area contributed by atoms with E-state index < -0.39 is 17.9 Å². The van der Waals surface area contributed by atoms with Crippen molar-refractivity contribution in [2.75, 3.05) is 12.4 Å². The van der Waals surface area contributed by atoms with Crippen LogP contribution in [0.4, 0.5) is 0 Å². The Morgan fingerprint density at radius 3 is 2.29 bits per heavy atom. The maximum absolute atomic E-state index is 12.7. The van der Waals surface area contributed by atoms with Crippen molar-refractivity contribution in [3.05, 3.63) is 108 Å². The van der Waals surface area contributed by atoms with E-state index in [0.29, 0.717) is 30.3 Å². The second kappa shape index (κ2) is 13.3. The predicted octanol–water partition coefficient (Wildman–Crippen LogP) is 4.60. The maximum atomic E-state index is 12.7. The van der Waals surface area contributed by atoms with Gasteiger partial charge in [0.25, 0.3) is 5.91 Å². The van der Waals surface area contributed by atoms with Crippen LogP contribution in [0.1, 0.15) is 21.5 Å². The molecule has 2 N–H and O–H groups in total. The van der Waals surface area contributed by atoms with Crippen molar-refractivity contribution in [1.29, 1.82) is 0 Å². The third-order valence-corrected chi connectivity index (χ3v) is 6.71. The van der Waals surface area contributed by atoms with Gasteiger partial charge in [-0.25, -0.2) is 9.78 Å². The molecule has 196 valence electrons. The topological polar surface area (TPSA) is 103 Å². The van der Waals surface area contributed by atoms with Crippen molar-refractivity contribution < 1.29 is 24.2 Å². The van der Waals surface area contributed by atoms with Gasteiger partial charge in [0, 0.05) is 37.2 Å². The van der Waals surface area contributed by atoms with Crippen molar-refractivity contribution in [3.8, 4) is 11.5 Å². The van der Waals surface area contributed by atoms with Gasteiger partial charge in [-0.05, 0) is 47.5 Å². The van der Waals surface area contributed by atoms with Crippen LogP contribution in [0.5, 0.6) is 11.5 Å². The summed E-state index contributed by atoms with van der Waals surface area (Å²) < 4.78 is 13.5. The van der Waals surface area contributed by atoms with Gasteiger partial charge in [0.05, 0.1) is 6.61 Å². The number of hydrogen-bond donors (Lipinski definition) is 2. The Hall–Kier alpha value is -4.24. The molecule has 4 aromatic rings. The van der Waals surface area contributed by atoms with E-state index >= 15 is 0 Å². The summed E-state index contributed by atoms with van der Waals surface area (Å²) in [6.07, 6.45) is 3.79. The number of aliphatic carboxylic acids is 1. The van der Waals surface area contributed by atoms with Crippen LogP contribution in [0.25, 0.3) is 0 Å². The third-order valence-electron chi connectivity index (χ3n) is 5.69. The molecule has 0 fully saturated rings. The fourth-order valence-electron chi connectivity index (χ4n) is 3.63. The Labute approximate surface area is 225 Å². The van der Waals surface area contributed by atoms with E-state index in [1.54, 1.807) is 66.5 Å². The van der Waals surface area contributed by atoms with Gasteiger partial charge in [0.15, 0.2) is 5.16 Å². The molecule has 0 saturated carbocycles. The average Bonchev–Trinajstić information content (AvgIpc) is 3.35. The van der Waals surface area contributed by atoms with Gasteiger partial charge < -0.3 is 24.5 Å². The zero-order chi connectivity index (χ0) is 26.7. The highest BCUT2D eigenvalue weighted by Gasteiger charge is 2.21. The molecule has 0 bridgehead atoms. The van der Waals surface area contributed by atoms with E-state index in [0.717, 1.165) is 22.0 Å². The van der Waals surface area contributed by atoms with Gasteiger partial charge in [0.1, 0.15) is 24.1 Å². The number of ether oxygens (including phenoxy) is 2. The molecule has 1 heterocycles. The van der Waals surface area contributed by atoms with E-state index in [9.17, 15) is 14.7 Å². The fraction of sp³-hybridized carbons (Fsp3) is 0.207.